The highest BCUT2D eigenvalue weighted by atomic mass is 19.4. The molecule has 0 radical (unpaired) electrons. The summed E-state index contributed by atoms with van der Waals surface area (Å²) in [5.41, 5.74) is -0.484. The molecule has 176 valence electrons. The lowest BCUT2D eigenvalue weighted by atomic mass is 10.1. The largest absolute Gasteiger partial charge is 0.467 e. The lowest BCUT2D eigenvalue weighted by Crippen LogP contribution is -2.17. The molecule has 1 N–H and O–H groups in total. The molecule has 0 atom stereocenters. The Kier molecular flexibility index (Phi) is 5.73. The van der Waals surface area contributed by atoms with Crippen LogP contribution in [-0.2, 0) is 12.7 Å². The van der Waals surface area contributed by atoms with Crippen LogP contribution in [0.1, 0.15) is 21.7 Å². The number of hydrogen-bond acceptors (Lipinski definition) is 6. The number of amides is 1. The Labute approximate surface area is 190 Å². The van der Waals surface area contributed by atoms with Crippen molar-refractivity contribution in [2.24, 2.45) is 0 Å². The van der Waals surface area contributed by atoms with Crippen molar-refractivity contribution in [3.05, 3.63) is 81.8 Å². The molecular formula is C22H18F3N5O4. The van der Waals surface area contributed by atoms with E-state index in [0.29, 0.717) is 17.0 Å². The Balaban J connectivity index is 1.75. The Hall–Kier alpha value is -4.35. The van der Waals surface area contributed by atoms with Crippen molar-refractivity contribution < 1.29 is 27.3 Å². The summed E-state index contributed by atoms with van der Waals surface area (Å²) in [6, 6.07) is 10.4. The zero-order valence-electron chi connectivity index (χ0n) is 18.0. The van der Waals surface area contributed by atoms with Gasteiger partial charge in [0.25, 0.3) is 11.6 Å². The van der Waals surface area contributed by atoms with Crippen LogP contribution in [-0.4, -0.2) is 34.5 Å². The van der Waals surface area contributed by atoms with E-state index < -0.39 is 22.6 Å². The molecule has 0 bridgehead atoms. The molecule has 2 aromatic carbocycles. The predicted molar refractivity (Wildman–Crippen MR) is 118 cm³/mol. The van der Waals surface area contributed by atoms with Crippen LogP contribution in [0.15, 0.2) is 59.2 Å². The number of nitro benzene ring substituents is 1. The van der Waals surface area contributed by atoms with Gasteiger partial charge in [-0.1, -0.05) is 0 Å². The van der Waals surface area contributed by atoms with Crippen molar-refractivity contribution in [1.82, 2.24) is 9.55 Å². The summed E-state index contributed by atoms with van der Waals surface area (Å²) in [5.74, 6) is -0.254. The molecule has 0 saturated heterocycles. The SMILES string of the molecule is CN(C)c1ccc(C(=O)Nc2nc3cc(C(F)(F)F)ccc3n2Cc2ccco2)cc1[N+](=O)[O-]. The van der Waals surface area contributed by atoms with E-state index in [9.17, 15) is 28.1 Å². The number of benzene rings is 2. The molecule has 4 aromatic rings. The van der Waals surface area contributed by atoms with Crippen molar-refractivity contribution in [2.75, 3.05) is 24.3 Å². The molecule has 2 heterocycles. The summed E-state index contributed by atoms with van der Waals surface area (Å²) in [6.45, 7) is 0.0875. The van der Waals surface area contributed by atoms with E-state index in [0.717, 1.165) is 18.2 Å². The first-order valence-electron chi connectivity index (χ1n) is 9.91. The number of alkyl halides is 3. The number of halogens is 3. The number of imidazole rings is 1. The maximum absolute atomic E-state index is 13.2. The van der Waals surface area contributed by atoms with Crippen LogP contribution in [0.3, 0.4) is 0 Å². The fourth-order valence-electron chi connectivity index (χ4n) is 3.48. The second-order valence-electron chi connectivity index (χ2n) is 7.61. The summed E-state index contributed by atoms with van der Waals surface area (Å²) in [6.07, 6.45) is -3.12. The molecule has 0 saturated carbocycles. The molecule has 9 nitrogen and oxygen atoms in total. The third kappa shape index (κ3) is 4.42. The molecule has 0 aliphatic heterocycles. The van der Waals surface area contributed by atoms with Gasteiger partial charge in [-0.15, -0.1) is 0 Å². The van der Waals surface area contributed by atoms with Gasteiger partial charge in [-0.25, -0.2) is 4.98 Å². The van der Waals surface area contributed by atoms with Gasteiger partial charge >= 0.3 is 6.18 Å². The predicted octanol–water partition coefficient (Wildman–Crippen LogP) is 4.92. The first kappa shape index (κ1) is 22.8. The van der Waals surface area contributed by atoms with E-state index in [1.165, 1.54) is 29.0 Å². The second-order valence-corrected chi connectivity index (χ2v) is 7.61. The van der Waals surface area contributed by atoms with Crippen LogP contribution in [0.25, 0.3) is 11.0 Å². The van der Waals surface area contributed by atoms with E-state index in [-0.39, 0.29) is 29.3 Å². The average Bonchev–Trinajstić information content (AvgIpc) is 3.40. The Morgan fingerprint density at radius 1 is 1.21 bits per heavy atom. The molecule has 0 spiro atoms. The molecule has 2 aromatic heterocycles. The van der Waals surface area contributed by atoms with Crippen LogP contribution in [0, 0.1) is 10.1 Å². The fourth-order valence-corrected chi connectivity index (χ4v) is 3.48. The maximum Gasteiger partial charge on any atom is 0.416 e. The van der Waals surface area contributed by atoms with Crippen molar-refractivity contribution in [3.63, 3.8) is 0 Å². The van der Waals surface area contributed by atoms with Crippen LogP contribution >= 0.6 is 0 Å². The highest BCUT2D eigenvalue weighted by Crippen LogP contribution is 2.33. The number of furan rings is 1. The highest BCUT2D eigenvalue weighted by molar-refractivity contribution is 6.05. The lowest BCUT2D eigenvalue weighted by molar-refractivity contribution is -0.384. The standard InChI is InChI=1S/C22H18F3N5O4/c1-28(2)18-7-5-13(10-19(18)30(32)33)20(31)27-21-26-16-11-14(22(23,24)25)6-8-17(16)29(21)12-15-4-3-9-34-15/h3-11H,12H2,1-2H3,(H,26,27,31). The number of fused-ring (bicyclic) bond motifs is 1. The summed E-state index contributed by atoms with van der Waals surface area (Å²) < 4.78 is 46.4. The number of anilines is 2. The van der Waals surface area contributed by atoms with Gasteiger partial charge in [-0.3, -0.25) is 20.2 Å². The van der Waals surface area contributed by atoms with Crippen LogP contribution in [0.2, 0.25) is 0 Å². The monoisotopic (exact) mass is 473 g/mol. The zero-order chi connectivity index (χ0) is 24.6. The second kappa shape index (κ2) is 8.54. The van der Waals surface area contributed by atoms with Gasteiger partial charge in [0.1, 0.15) is 11.4 Å². The van der Waals surface area contributed by atoms with E-state index in [1.54, 1.807) is 31.1 Å². The number of nitro groups is 1. The minimum absolute atomic E-state index is 0.00937. The lowest BCUT2D eigenvalue weighted by Gasteiger charge is -2.13. The molecule has 0 aliphatic rings. The molecule has 1 amide bonds. The van der Waals surface area contributed by atoms with E-state index in [2.05, 4.69) is 10.3 Å². The number of nitrogens with one attached hydrogen (secondary N) is 1. The summed E-state index contributed by atoms with van der Waals surface area (Å²) in [4.78, 5) is 29.5. The molecule has 12 heteroatoms. The third-order valence-corrected chi connectivity index (χ3v) is 5.11. The normalized spacial score (nSPS) is 11.6. The number of aromatic nitrogens is 2. The third-order valence-electron chi connectivity index (χ3n) is 5.11. The molecule has 0 unspecified atom stereocenters. The quantitative estimate of drug-likeness (QED) is 0.315. The van der Waals surface area contributed by atoms with Gasteiger partial charge < -0.3 is 13.9 Å². The minimum Gasteiger partial charge on any atom is -0.467 e. The molecule has 34 heavy (non-hydrogen) atoms. The number of hydrogen-bond donors (Lipinski definition) is 1. The fraction of sp³-hybridized carbons (Fsp3) is 0.182. The highest BCUT2D eigenvalue weighted by Gasteiger charge is 2.31. The van der Waals surface area contributed by atoms with Crippen molar-refractivity contribution in [1.29, 1.82) is 0 Å². The van der Waals surface area contributed by atoms with Gasteiger partial charge in [-0.2, -0.15) is 13.2 Å². The Morgan fingerprint density at radius 3 is 2.59 bits per heavy atom. The van der Waals surface area contributed by atoms with E-state index >= 15 is 0 Å². The van der Waals surface area contributed by atoms with Gasteiger partial charge in [0, 0.05) is 25.7 Å². The summed E-state index contributed by atoms with van der Waals surface area (Å²) in [5, 5.41) is 14.0. The number of nitrogens with zero attached hydrogens (tertiary/aromatic N) is 4. The molecule has 4 rings (SSSR count). The Bertz CT molecular complexity index is 1380. The van der Waals surface area contributed by atoms with Gasteiger partial charge in [0.2, 0.25) is 5.95 Å². The van der Waals surface area contributed by atoms with E-state index in [4.69, 9.17) is 4.42 Å². The zero-order valence-corrected chi connectivity index (χ0v) is 18.0. The van der Waals surface area contributed by atoms with E-state index in [1.807, 2.05) is 0 Å². The molecule has 0 fully saturated rings. The summed E-state index contributed by atoms with van der Waals surface area (Å²) >= 11 is 0. The van der Waals surface area contributed by atoms with Crippen molar-refractivity contribution >= 4 is 34.3 Å². The van der Waals surface area contributed by atoms with Gasteiger partial charge in [0.05, 0.1) is 34.3 Å². The average molecular weight is 473 g/mol. The van der Waals surface area contributed by atoms with Crippen LogP contribution in [0.4, 0.5) is 30.5 Å². The minimum atomic E-state index is -4.56. The molecular weight excluding hydrogens is 455 g/mol. The first-order valence-corrected chi connectivity index (χ1v) is 9.91. The number of carbonyl (C=O) groups excluding carboxylic acids is 1. The van der Waals surface area contributed by atoms with Crippen LogP contribution < -0.4 is 10.2 Å². The smallest absolute Gasteiger partial charge is 0.416 e. The maximum atomic E-state index is 13.2. The molecule has 0 aliphatic carbocycles. The topological polar surface area (TPSA) is 106 Å². The van der Waals surface area contributed by atoms with Crippen molar-refractivity contribution in [2.45, 2.75) is 12.7 Å². The van der Waals surface area contributed by atoms with Gasteiger partial charge in [-0.05, 0) is 42.5 Å². The van der Waals surface area contributed by atoms with Crippen LogP contribution in [0.5, 0.6) is 0 Å². The van der Waals surface area contributed by atoms with Crippen molar-refractivity contribution in [3.8, 4) is 0 Å². The Morgan fingerprint density at radius 2 is 1.97 bits per heavy atom. The number of rotatable bonds is 6. The first-order chi connectivity index (χ1) is 16.0. The number of carbonyl (C=O) groups is 1. The summed E-state index contributed by atoms with van der Waals surface area (Å²) in [7, 11) is 3.27. The van der Waals surface area contributed by atoms with Gasteiger partial charge in [0.15, 0.2) is 0 Å².